The molecule has 0 aliphatic rings. The molecule has 2 rings (SSSR count). The van der Waals surface area contributed by atoms with E-state index in [0.29, 0.717) is 0 Å². The van der Waals surface area contributed by atoms with Crippen molar-refractivity contribution < 1.29 is 32.2 Å². The van der Waals surface area contributed by atoms with Crippen molar-refractivity contribution in [3.05, 3.63) is 59.7 Å². The molecule has 0 spiro atoms. The van der Waals surface area contributed by atoms with E-state index in [1.165, 1.54) is 12.1 Å². The van der Waals surface area contributed by atoms with E-state index in [1.54, 1.807) is 12.1 Å². The molecule has 0 aliphatic heterocycles. The lowest BCUT2D eigenvalue weighted by Crippen LogP contribution is -2.21. The van der Waals surface area contributed by atoms with Crippen molar-refractivity contribution in [3.8, 4) is 5.75 Å². The van der Waals surface area contributed by atoms with Crippen molar-refractivity contribution in [1.29, 1.82) is 0 Å². The Hall–Kier alpha value is -3.03. The molecule has 2 aromatic rings. The average molecular weight is 367 g/mol. The normalized spacial score (nSPS) is 10.9. The van der Waals surface area contributed by atoms with Crippen molar-refractivity contribution in [2.45, 2.75) is 19.7 Å². The Morgan fingerprint density at radius 3 is 2.19 bits per heavy atom. The van der Waals surface area contributed by atoms with Gasteiger partial charge in [-0.2, -0.15) is 0 Å². The molecule has 0 bridgehead atoms. The quantitative estimate of drug-likeness (QED) is 0.792. The highest BCUT2D eigenvalue weighted by atomic mass is 19.4. The number of halogens is 3. The van der Waals surface area contributed by atoms with E-state index in [-0.39, 0.29) is 12.1 Å². The molecular weight excluding hydrogens is 351 g/mol. The van der Waals surface area contributed by atoms with Crippen LogP contribution in [0.3, 0.4) is 0 Å². The molecule has 0 fully saturated rings. The summed E-state index contributed by atoms with van der Waals surface area (Å²) >= 11 is 0. The van der Waals surface area contributed by atoms with E-state index < -0.39 is 30.6 Å². The minimum Gasteiger partial charge on any atom is -0.455 e. The van der Waals surface area contributed by atoms with Gasteiger partial charge in [0.15, 0.2) is 6.61 Å². The van der Waals surface area contributed by atoms with Gasteiger partial charge < -0.3 is 14.8 Å². The maximum absolute atomic E-state index is 12.1. The second-order valence-electron chi connectivity index (χ2n) is 5.44. The number of hydrogen-bond acceptors (Lipinski definition) is 4. The summed E-state index contributed by atoms with van der Waals surface area (Å²) in [6, 6.07) is 11.9. The van der Waals surface area contributed by atoms with Gasteiger partial charge in [-0.25, -0.2) is 0 Å². The topological polar surface area (TPSA) is 64.6 Å². The molecule has 0 heterocycles. The summed E-state index contributed by atoms with van der Waals surface area (Å²) in [6.45, 7) is 1.43. The smallest absolute Gasteiger partial charge is 0.455 e. The molecule has 0 atom stereocenters. The molecule has 0 radical (unpaired) electrons. The lowest BCUT2D eigenvalue weighted by molar-refractivity contribution is -0.274. The highest BCUT2D eigenvalue weighted by Gasteiger charge is 2.30. The lowest BCUT2D eigenvalue weighted by atomic mass is 10.1. The van der Waals surface area contributed by atoms with E-state index in [2.05, 4.69) is 10.1 Å². The summed E-state index contributed by atoms with van der Waals surface area (Å²) in [7, 11) is 0. The second kappa shape index (κ2) is 8.37. The van der Waals surface area contributed by atoms with Crippen LogP contribution in [0, 0.1) is 6.92 Å². The molecule has 0 saturated heterocycles. The number of ether oxygens (including phenoxy) is 2. The zero-order chi connectivity index (χ0) is 19.2. The largest absolute Gasteiger partial charge is 0.573 e. The third-order valence-corrected chi connectivity index (χ3v) is 3.20. The number of anilines is 1. The van der Waals surface area contributed by atoms with E-state index in [9.17, 15) is 22.8 Å². The Bertz CT molecular complexity index is 756. The molecule has 0 unspecified atom stereocenters. The van der Waals surface area contributed by atoms with Crippen LogP contribution >= 0.6 is 0 Å². The van der Waals surface area contributed by atoms with Crippen molar-refractivity contribution >= 4 is 17.6 Å². The fraction of sp³-hybridized carbons (Fsp3) is 0.222. The highest BCUT2D eigenvalue weighted by molar-refractivity contribution is 5.92. The van der Waals surface area contributed by atoms with Gasteiger partial charge in [-0.15, -0.1) is 13.2 Å². The Morgan fingerprint density at radius 2 is 1.62 bits per heavy atom. The van der Waals surface area contributed by atoms with Crippen LogP contribution < -0.4 is 10.1 Å². The van der Waals surface area contributed by atoms with Gasteiger partial charge in [-0.1, -0.05) is 29.8 Å². The summed E-state index contributed by atoms with van der Waals surface area (Å²) < 4.78 is 44.8. The predicted octanol–water partition coefficient (Wildman–Crippen LogP) is 3.62. The Labute approximate surface area is 147 Å². The van der Waals surface area contributed by atoms with Crippen LogP contribution in [0.25, 0.3) is 0 Å². The zero-order valence-corrected chi connectivity index (χ0v) is 13.8. The number of aryl methyl sites for hydroxylation is 1. The minimum atomic E-state index is -4.78. The summed E-state index contributed by atoms with van der Waals surface area (Å²) in [4.78, 5) is 23.4. The van der Waals surface area contributed by atoms with Gasteiger partial charge in [-0.05, 0) is 36.8 Å². The first-order chi connectivity index (χ1) is 12.2. The van der Waals surface area contributed by atoms with Gasteiger partial charge in [0.2, 0.25) is 0 Å². The first kappa shape index (κ1) is 19.3. The van der Waals surface area contributed by atoms with Gasteiger partial charge in [-0.3, -0.25) is 9.59 Å². The number of amides is 1. The third-order valence-electron chi connectivity index (χ3n) is 3.20. The first-order valence-corrected chi connectivity index (χ1v) is 7.58. The lowest BCUT2D eigenvalue weighted by Gasteiger charge is -2.10. The highest BCUT2D eigenvalue weighted by Crippen LogP contribution is 2.23. The summed E-state index contributed by atoms with van der Waals surface area (Å²) in [6.07, 6.45) is -4.74. The number of nitrogens with one attached hydrogen (secondary N) is 1. The van der Waals surface area contributed by atoms with Crippen molar-refractivity contribution in [1.82, 2.24) is 0 Å². The Morgan fingerprint density at radius 1 is 1.00 bits per heavy atom. The van der Waals surface area contributed by atoms with E-state index in [0.717, 1.165) is 23.3 Å². The summed E-state index contributed by atoms with van der Waals surface area (Å²) in [5.41, 5.74) is 2.08. The molecule has 0 aliphatic carbocycles. The van der Waals surface area contributed by atoms with Gasteiger partial charge in [0.05, 0.1) is 6.42 Å². The third kappa shape index (κ3) is 6.84. The van der Waals surface area contributed by atoms with Crippen molar-refractivity contribution in [2.24, 2.45) is 0 Å². The first-order valence-electron chi connectivity index (χ1n) is 7.58. The number of hydrogen-bond donors (Lipinski definition) is 1. The minimum absolute atomic E-state index is 0.0387. The molecule has 0 aromatic heterocycles. The number of carbonyl (C=O) groups is 2. The van der Waals surface area contributed by atoms with Crippen molar-refractivity contribution in [3.63, 3.8) is 0 Å². The molecule has 2 aromatic carbocycles. The number of rotatable bonds is 6. The van der Waals surface area contributed by atoms with E-state index in [1.807, 2.05) is 19.1 Å². The van der Waals surface area contributed by atoms with Crippen LogP contribution in [0.2, 0.25) is 0 Å². The fourth-order valence-corrected chi connectivity index (χ4v) is 2.01. The molecule has 1 amide bonds. The van der Waals surface area contributed by atoms with Gasteiger partial charge in [0.25, 0.3) is 5.91 Å². The predicted molar refractivity (Wildman–Crippen MR) is 87.6 cm³/mol. The van der Waals surface area contributed by atoms with Crippen LogP contribution in [0.1, 0.15) is 11.1 Å². The van der Waals surface area contributed by atoms with Crippen LogP contribution in [0.15, 0.2) is 48.5 Å². The van der Waals surface area contributed by atoms with Crippen molar-refractivity contribution in [2.75, 3.05) is 11.9 Å². The van der Waals surface area contributed by atoms with Gasteiger partial charge in [0, 0.05) is 5.69 Å². The molecule has 26 heavy (non-hydrogen) atoms. The number of esters is 1. The maximum atomic E-state index is 12.1. The van der Waals surface area contributed by atoms with E-state index in [4.69, 9.17) is 4.74 Å². The molecule has 138 valence electrons. The molecule has 0 saturated carbocycles. The van der Waals surface area contributed by atoms with Gasteiger partial charge in [0.1, 0.15) is 5.75 Å². The monoisotopic (exact) mass is 367 g/mol. The average Bonchev–Trinajstić information content (AvgIpc) is 2.56. The molecule has 5 nitrogen and oxygen atoms in total. The zero-order valence-electron chi connectivity index (χ0n) is 13.8. The Balaban J connectivity index is 1.77. The van der Waals surface area contributed by atoms with Crippen LogP contribution in [0.5, 0.6) is 5.75 Å². The standard InChI is InChI=1S/C18H16F3NO4/c1-12-2-4-13(5-3-12)10-17(24)25-11-16(23)22-14-6-8-15(9-7-14)26-18(19,20)21/h2-9H,10-11H2,1H3,(H,22,23). The number of carbonyl (C=O) groups excluding carboxylic acids is 2. The molecular formula is C18H16F3NO4. The second-order valence-corrected chi connectivity index (χ2v) is 5.44. The summed E-state index contributed by atoms with van der Waals surface area (Å²) in [5, 5.41) is 2.41. The number of benzene rings is 2. The maximum Gasteiger partial charge on any atom is 0.573 e. The molecule has 1 N–H and O–H groups in total. The van der Waals surface area contributed by atoms with Crippen LogP contribution in [-0.4, -0.2) is 24.8 Å². The Kier molecular flexibility index (Phi) is 6.21. The van der Waals surface area contributed by atoms with E-state index >= 15 is 0 Å². The summed E-state index contributed by atoms with van der Waals surface area (Å²) in [5.74, 6) is -1.57. The fourth-order valence-electron chi connectivity index (χ4n) is 2.01. The van der Waals surface area contributed by atoms with Crippen LogP contribution in [-0.2, 0) is 20.7 Å². The van der Waals surface area contributed by atoms with Gasteiger partial charge >= 0.3 is 12.3 Å². The SMILES string of the molecule is Cc1ccc(CC(=O)OCC(=O)Nc2ccc(OC(F)(F)F)cc2)cc1. The van der Waals surface area contributed by atoms with Crippen LogP contribution in [0.4, 0.5) is 18.9 Å². The molecule has 8 heteroatoms. The number of alkyl halides is 3.